The van der Waals surface area contributed by atoms with Gasteiger partial charge in [-0.25, -0.2) is 4.39 Å². The van der Waals surface area contributed by atoms with Gasteiger partial charge < -0.3 is 10.2 Å². The van der Waals surface area contributed by atoms with Gasteiger partial charge in [-0.2, -0.15) is 0 Å². The van der Waals surface area contributed by atoms with E-state index < -0.39 is 0 Å². The maximum atomic E-state index is 14.2. The molecule has 0 bridgehead atoms. The number of para-hydroxylation sites is 1. The van der Waals surface area contributed by atoms with E-state index in [1.807, 2.05) is 19.2 Å². The Balaban J connectivity index is 2.42. The van der Waals surface area contributed by atoms with Gasteiger partial charge in [0.1, 0.15) is 5.82 Å². The molecule has 1 aromatic carbocycles. The van der Waals surface area contributed by atoms with Gasteiger partial charge in [0.05, 0.1) is 5.69 Å². The summed E-state index contributed by atoms with van der Waals surface area (Å²) in [6, 6.07) is 5.93. The molecule has 0 heterocycles. The van der Waals surface area contributed by atoms with Crippen molar-refractivity contribution in [2.45, 2.75) is 31.8 Å². The molecule has 0 saturated heterocycles. The van der Waals surface area contributed by atoms with Crippen molar-refractivity contribution in [3.8, 4) is 0 Å². The summed E-state index contributed by atoms with van der Waals surface area (Å²) in [5.41, 5.74) is 1.76. The Morgan fingerprint density at radius 3 is 2.83 bits per heavy atom. The molecular formula is C15H21FN2. The van der Waals surface area contributed by atoms with Crippen molar-refractivity contribution in [1.82, 2.24) is 5.32 Å². The Kier molecular flexibility index (Phi) is 4.02. The molecule has 3 heteroatoms. The predicted molar refractivity (Wildman–Crippen MR) is 74.4 cm³/mol. The minimum atomic E-state index is -0.136. The molecule has 1 saturated carbocycles. The lowest BCUT2D eigenvalue weighted by atomic mass is 10.0. The van der Waals surface area contributed by atoms with Crippen LogP contribution in [0.4, 0.5) is 10.1 Å². The van der Waals surface area contributed by atoms with Crippen LogP contribution in [0, 0.1) is 5.82 Å². The Morgan fingerprint density at radius 1 is 1.56 bits per heavy atom. The van der Waals surface area contributed by atoms with E-state index in [-0.39, 0.29) is 11.9 Å². The van der Waals surface area contributed by atoms with Crippen molar-refractivity contribution in [3.05, 3.63) is 42.2 Å². The first-order valence-electron chi connectivity index (χ1n) is 6.52. The van der Waals surface area contributed by atoms with Gasteiger partial charge in [0.25, 0.3) is 0 Å². The van der Waals surface area contributed by atoms with Crippen molar-refractivity contribution >= 4 is 5.69 Å². The van der Waals surface area contributed by atoms with Crippen LogP contribution in [0.2, 0.25) is 0 Å². The van der Waals surface area contributed by atoms with E-state index in [1.54, 1.807) is 12.1 Å². The molecule has 0 aliphatic heterocycles. The molecule has 1 unspecified atom stereocenters. The van der Waals surface area contributed by atoms with Crippen LogP contribution in [0.1, 0.15) is 31.4 Å². The monoisotopic (exact) mass is 248 g/mol. The molecule has 1 aromatic rings. The lowest BCUT2D eigenvalue weighted by molar-refractivity contribution is 0.599. The maximum absolute atomic E-state index is 14.2. The zero-order chi connectivity index (χ0) is 13.1. The Hall–Kier alpha value is -1.35. The van der Waals surface area contributed by atoms with Gasteiger partial charge in [0.15, 0.2) is 0 Å². The average Bonchev–Trinajstić information content (AvgIpc) is 3.19. The van der Waals surface area contributed by atoms with E-state index in [9.17, 15) is 4.39 Å². The van der Waals surface area contributed by atoms with Crippen LogP contribution in [-0.4, -0.2) is 19.6 Å². The first kappa shape index (κ1) is 13.1. The second-order valence-corrected chi connectivity index (χ2v) is 4.86. The summed E-state index contributed by atoms with van der Waals surface area (Å²) in [5.74, 6) is -0.136. The van der Waals surface area contributed by atoms with Gasteiger partial charge in [0, 0.05) is 18.6 Å². The second-order valence-electron chi connectivity index (χ2n) is 4.86. The van der Waals surface area contributed by atoms with Crippen molar-refractivity contribution in [1.29, 1.82) is 0 Å². The fourth-order valence-electron chi connectivity index (χ4n) is 2.29. The van der Waals surface area contributed by atoms with Crippen LogP contribution in [0.3, 0.4) is 0 Å². The number of anilines is 1. The third-order valence-corrected chi connectivity index (χ3v) is 3.52. The molecule has 2 rings (SSSR count). The molecule has 0 amide bonds. The summed E-state index contributed by atoms with van der Waals surface area (Å²) in [7, 11) is 1.90. The zero-order valence-corrected chi connectivity index (χ0v) is 11.1. The number of hydrogen-bond acceptors (Lipinski definition) is 2. The molecule has 1 atom stereocenters. The molecule has 1 fully saturated rings. The van der Waals surface area contributed by atoms with Gasteiger partial charge in [-0.15, -0.1) is 6.58 Å². The van der Waals surface area contributed by atoms with Crippen molar-refractivity contribution in [2.75, 3.05) is 18.5 Å². The van der Waals surface area contributed by atoms with E-state index in [4.69, 9.17) is 0 Å². The predicted octanol–water partition coefficient (Wildman–Crippen LogP) is 3.26. The first-order chi connectivity index (χ1) is 8.69. The van der Waals surface area contributed by atoms with Crippen LogP contribution in [0.25, 0.3) is 0 Å². The highest BCUT2D eigenvalue weighted by atomic mass is 19.1. The van der Waals surface area contributed by atoms with E-state index >= 15 is 0 Å². The van der Waals surface area contributed by atoms with Crippen LogP contribution < -0.4 is 10.2 Å². The largest absolute Gasteiger partial charge is 0.362 e. The summed E-state index contributed by atoms with van der Waals surface area (Å²) >= 11 is 0. The summed E-state index contributed by atoms with van der Waals surface area (Å²) < 4.78 is 14.2. The summed E-state index contributed by atoms with van der Waals surface area (Å²) in [6.45, 7) is 6.54. The second kappa shape index (κ2) is 5.53. The van der Waals surface area contributed by atoms with Crippen LogP contribution in [-0.2, 0) is 0 Å². The van der Waals surface area contributed by atoms with Gasteiger partial charge in [-0.05, 0) is 38.4 Å². The van der Waals surface area contributed by atoms with Crippen LogP contribution in [0.5, 0.6) is 0 Å². The number of nitrogens with zero attached hydrogens (tertiary/aromatic N) is 1. The summed E-state index contributed by atoms with van der Waals surface area (Å²) in [5, 5.41) is 3.19. The molecule has 98 valence electrons. The third-order valence-electron chi connectivity index (χ3n) is 3.52. The third kappa shape index (κ3) is 2.56. The SMILES string of the molecule is C=CCN(c1c(F)cccc1C(C)NC)C1CC1. The molecule has 1 aliphatic carbocycles. The average molecular weight is 248 g/mol. The quantitative estimate of drug-likeness (QED) is 0.777. The number of hydrogen-bond donors (Lipinski definition) is 1. The van der Waals surface area contributed by atoms with Gasteiger partial charge >= 0.3 is 0 Å². The van der Waals surface area contributed by atoms with Gasteiger partial charge in [-0.3, -0.25) is 0 Å². The number of halogens is 1. The topological polar surface area (TPSA) is 15.3 Å². The minimum absolute atomic E-state index is 0.136. The Bertz CT molecular complexity index is 427. The normalized spacial score (nSPS) is 16.4. The van der Waals surface area contributed by atoms with Crippen molar-refractivity contribution in [3.63, 3.8) is 0 Å². The van der Waals surface area contributed by atoms with Gasteiger partial charge in [-0.1, -0.05) is 18.2 Å². The molecule has 0 radical (unpaired) electrons. The molecule has 0 spiro atoms. The standard InChI is InChI=1S/C15H21FN2/c1-4-10-18(12-8-9-12)15-13(11(2)17-3)6-5-7-14(15)16/h4-7,11-12,17H,1,8-10H2,2-3H3. The van der Waals surface area contributed by atoms with Crippen molar-refractivity contribution < 1.29 is 4.39 Å². The van der Waals surface area contributed by atoms with Crippen LogP contribution >= 0.6 is 0 Å². The lowest BCUT2D eigenvalue weighted by Crippen LogP contribution is -2.29. The molecule has 18 heavy (non-hydrogen) atoms. The zero-order valence-electron chi connectivity index (χ0n) is 11.1. The minimum Gasteiger partial charge on any atom is -0.362 e. The summed E-state index contributed by atoms with van der Waals surface area (Å²) in [6.07, 6.45) is 4.14. The first-order valence-corrected chi connectivity index (χ1v) is 6.52. The molecular weight excluding hydrogens is 227 g/mol. The maximum Gasteiger partial charge on any atom is 0.146 e. The highest BCUT2D eigenvalue weighted by molar-refractivity contribution is 5.58. The molecule has 1 aliphatic rings. The molecule has 2 nitrogen and oxygen atoms in total. The lowest BCUT2D eigenvalue weighted by Gasteiger charge is -2.28. The van der Waals surface area contributed by atoms with Crippen molar-refractivity contribution in [2.24, 2.45) is 0 Å². The van der Waals surface area contributed by atoms with Gasteiger partial charge in [0.2, 0.25) is 0 Å². The van der Waals surface area contributed by atoms with E-state index in [2.05, 4.69) is 23.7 Å². The fourth-order valence-corrected chi connectivity index (χ4v) is 2.29. The Morgan fingerprint density at radius 2 is 2.28 bits per heavy atom. The highest BCUT2D eigenvalue weighted by Crippen LogP contribution is 2.37. The molecule has 0 aromatic heterocycles. The number of benzene rings is 1. The van der Waals surface area contributed by atoms with E-state index in [0.29, 0.717) is 12.6 Å². The fraction of sp³-hybridized carbons (Fsp3) is 0.467. The summed E-state index contributed by atoms with van der Waals surface area (Å²) in [4.78, 5) is 2.14. The number of rotatable bonds is 6. The Labute approximate surface area is 108 Å². The van der Waals surface area contributed by atoms with E-state index in [1.165, 1.54) is 0 Å². The van der Waals surface area contributed by atoms with E-state index in [0.717, 1.165) is 24.1 Å². The highest BCUT2D eigenvalue weighted by Gasteiger charge is 2.31. The number of nitrogens with one attached hydrogen (secondary N) is 1. The molecule has 1 N–H and O–H groups in total. The van der Waals surface area contributed by atoms with Crippen LogP contribution in [0.15, 0.2) is 30.9 Å². The smallest absolute Gasteiger partial charge is 0.146 e.